The topological polar surface area (TPSA) is 70.2 Å². The number of furan rings is 1. The maximum absolute atomic E-state index is 11.9. The second kappa shape index (κ2) is 6.44. The minimum Gasteiger partial charge on any atom is -0.465 e. The van der Waals surface area contributed by atoms with E-state index in [0.717, 1.165) is 35.0 Å². The number of rotatable bonds is 5. The van der Waals surface area contributed by atoms with Crippen LogP contribution in [-0.4, -0.2) is 32.6 Å². The predicted molar refractivity (Wildman–Crippen MR) is 96.6 cm³/mol. The third kappa shape index (κ3) is 2.68. The first-order valence-corrected chi connectivity index (χ1v) is 10.4. The molecule has 6 nitrogen and oxygen atoms in total. The number of cyclic esters (lactones) is 1. The van der Waals surface area contributed by atoms with Crippen LogP contribution in [0, 0.1) is 17.8 Å². The van der Waals surface area contributed by atoms with Crippen molar-refractivity contribution in [2.24, 2.45) is 17.8 Å². The van der Waals surface area contributed by atoms with Crippen LogP contribution in [0.15, 0.2) is 28.0 Å². The summed E-state index contributed by atoms with van der Waals surface area (Å²) in [5.74, 6) is 3.69. The van der Waals surface area contributed by atoms with Crippen LogP contribution < -0.4 is 0 Å². The van der Waals surface area contributed by atoms with Gasteiger partial charge < -0.3 is 9.15 Å². The molecule has 0 spiro atoms. The first-order valence-electron chi connectivity index (χ1n) is 9.52. The predicted octanol–water partition coefficient (Wildman–Crippen LogP) is 3.94. The Balaban J connectivity index is 1.50. The fourth-order valence-electron chi connectivity index (χ4n) is 5.09. The van der Waals surface area contributed by atoms with Crippen molar-refractivity contribution in [3.63, 3.8) is 0 Å². The van der Waals surface area contributed by atoms with E-state index in [2.05, 4.69) is 21.7 Å². The van der Waals surface area contributed by atoms with Gasteiger partial charge in [-0.3, -0.25) is 9.36 Å². The molecule has 1 aliphatic heterocycles. The zero-order valence-corrected chi connectivity index (χ0v) is 15.7. The lowest BCUT2D eigenvalue weighted by atomic mass is 9.84. The quantitative estimate of drug-likeness (QED) is 0.739. The van der Waals surface area contributed by atoms with E-state index in [9.17, 15) is 4.79 Å². The fourth-order valence-corrected chi connectivity index (χ4v) is 6.17. The molecule has 3 heterocycles. The Morgan fingerprint density at radius 3 is 2.85 bits per heavy atom. The van der Waals surface area contributed by atoms with Crippen molar-refractivity contribution in [1.82, 2.24) is 14.8 Å². The Morgan fingerprint density at radius 2 is 2.19 bits per heavy atom. The van der Waals surface area contributed by atoms with E-state index in [-0.39, 0.29) is 11.2 Å². The Bertz CT molecular complexity index is 803. The summed E-state index contributed by atoms with van der Waals surface area (Å²) in [6, 6.07) is 4.09. The first-order chi connectivity index (χ1) is 12.7. The van der Waals surface area contributed by atoms with Crippen molar-refractivity contribution in [2.75, 3.05) is 6.61 Å². The average Bonchev–Trinajstić information content (AvgIpc) is 3.44. The van der Waals surface area contributed by atoms with E-state index in [1.165, 1.54) is 37.4 Å². The third-order valence-corrected chi connectivity index (χ3v) is 7.56. The summed E-state index contributed by atoms with van der Waals surface area (Å²) in [6.07, 6.45) is 7.78. The third-order valence-electron chi connectivity index (χ3n) is 6.36. The van der Waals surface area contributed by atoms with Gasteiger partial charge in [0.1, 0.15) is 5.25 Å². The number of hydrogen-bond donors (Lipinski definition) is 0. The van der Waals surface area contributed by atoms with E-state index >= 15 is 0 Å². The number of hydrogen-bond acceptors (Lipinski definition) is 6. The summed E-state index contributed by atoms with van der Waals surface area (Å²) < 4.78 is 12.9. The van der Waals surface area contributed by atoms with Gasteiger partial charge in [0.15, 0.2) is 10.9 Å². The molecule has 5 atom stereocenters. The smallest absolute Gasteiger partial charge is 0.319 e. The van der Waals surface area contributed by atoms with Crippen LogP contribution in [0.25, 0.3) is 11.6 Å². The molecule has 5 rings (SSSR count). The van der Waals surface area contributed by atoms with Crippen molar-refractivity contribution in [3.05, 3.63) is 18.4 Å². The monoisotopic (exact) mass is 373 g/mol. The van der Waals surface area contributed by atoms with Crippen molar-refractivity contribution in [1.29, 1.82) is 0 Å². The minimum absolute atomic E-state index is 0.142. The number of thioether (sulfide) groups is 1. The van der Waals surface area contributed by atoms with E-state index in [4.69, 9.17) is 9.15 Å². The highest BCUT2D eigenvalue weighted by molar-refractivity contribution is 8.00. The molecule has 2 aromatic rings. The van der Waals surface area contributed by atoms with E-state index in [1.54, 1.807) is 6.26 Å². The molecule has 0 unspecified atom stereocenters. The van der Waals surface area contributed by atoms with Gasteiger partial charge >= 0.3 is 5.97 Å². The van der Waals surface area contributed by atoms with E-state index in [0.29, 0.717) is 18.6 Å². The second-order valence-corrected chi connectivity index (χ2v) is 8.97. The molecule has 3 aliphatic rings. The molecule has 1 saturated heterocycles. The molecule has 3 fully saturated rings. The van der Waals surface area contributed by atoms with Crippen molar-refractivity contribution in [3.8, 4) is 11.6 Å². The summed E-state index contributed by atoms with van der Waals surface area (Å²) in [5, 5.41) is 9.48. The number of aromatic nitrogens is 3. The molecule has 0 amide bonds. The highest BCUT2D eigenvalue weighted by Crippen LogP contribution is 2.53. The molecule has 0 radical (unpaired) electrons. The standard InChI is InChI=1S/C19H23N3O3S/c1-11(14-10-12-4-5-13(14)9-12)22-17(15-3-2-7-24-15)20-21-19(22)26-16-6-8-25-18(16)23/h2-3,7,11-14,16H,4-6,8-10H2,1H3/t11-,12+,13+,14-,16+/m1/s1. The van der Waals surface area contributed by atoms with Gasteiger partial charge in [0, 0.05) is 12.5 Å². The molecule has 2 aliphatic carbocycles. The SMILES string of the molecule is C[C@H]([C@H]1C[C@H]2CC[C@H]1C2)n1c(S[C@H]2CCOC2=O)nnc1-c1ccco1. The summed E-state index contributed by atoms with van der Waals surface area (Å²) in [6.45, 7) is 2.77. The van der Waals surface area contributed by atoms with Crippen molar-refractivity contribution < 1.29 is 13.9 Å². The number of fused-ring (bicyclic) bond motifs is 2. The number of ether oxygens (including phenoxy) is 1. The van der Waals surface area contributed by atoms with Gasteiger partial charge in [0.2, 0.25) is 5.82 Å². The lowest BCUT2D eigenvalue weighted by Gasteiger charge is -2.30. The maximum atomic E-state index is 11.9. The van der Waals surface area contributed by atoms with Gasteiger partial charge in [0.25, 0.3) is 0 Å². The minimum atomic E-state index is -0.186. The van der Waals surface area contributed by atoms with Crippen molar-refractivity contribution >= 4 is 17.7 Å². The van der Waals surface area contributed by atoms with Crippen molar-refractivity contribution in [2.45, 2.75) is 55.5 Å². The van der Waals surface area contributed by atoms with Gasteiger partial charge in [-0.25, -0.2) is 0 Å². The van der Waals surface area contributed by atoms with Gasteiger partial charge in [-0.15, -0.1) is 10.2 Å². The number of nitrogens with zero attached hydrogens (tertiary/aromatic N) is 3. The molecular weight excluding hydrogens is 350 g/mol. The van der Waals surface area contributed by atoms with E-state index < -0.39 is 0 Å². The summed E-state index contributed by atoms with van der Waals surface area (Å²) >= 11 is 1.48. The highest BCUT2D eigenvalue weighted by atomic mass is 32.2. The maximum Gasteiger partial charge on any atom is 0.319 e. The van der Waals surface area contributed by atoms with Gasteiger partial charge in [-0.2, -0.15) is 0 Å². The Kier molecular flexibility index (Phi) is 4.07. The largest absolute Gasteiger partial charge is 0.465 e. The van der Waals surface area contributed by atoms with E-state index in [1.807, 2.05) is 12.1 Å². The summed E-state index contributed by atoms with van der Waals surface area (Å²) in [4.78, 5) is 11.9. The van der Waals surface area contributed by atoms with Crippen LogP contribution in [0.5, 0.6) is 0 Å². The molecule has 0 aromatic carbocycles. The fraction of sp³-hybridized carbons (Fsp3) is 0.632. The molecule has 0 N–H and O–H groups in total. The lowest BCUT2D eigenvalue weighted by Crippen LogP contribution is -2.24. The Hall–Kier alpha value is -1.76. The molecular formula is C19H23N3O3S. The second-order valence-electron chi connectivity index (χ2n) is 7.80. The molecule has 7 heteroatoms. The Morgan fingerprint density at radius 1 is 1.27 bits per heavy atom. The zero-order valence-electron chi connectivity index (χ0n) is 14.8. The lowest BCUT2D eigenvalue weighted by molar-refractivity contribution is -0.137. The van der Waals surface area contributed by atoms with Crippen LogP contribution in [-0.2, 0) is 9.53 Å². The normalized spacial score (nSPS) is 31.5. The average molecular weight is 373 g/mol. The molecule has 2 bridgehead atoms. The summed E-state index contributed by atoms with van der Waals surface area (Å²) in [5.41, 5.74) is 0. The molecule has 2 aromatic heterocycles. The van der Waals surface area contributed by atoms with Crippen LogP contribution >= 0.6 is 11.8 Å². The number of carbonyl (C=O) groups excluding carboxylic acids is 1. The summed E-state index contributed by atoms with van der Waals surface area (Å²) in [7, 11) is 0. The molecule has 26 heavy (non-hydrogen) atoms. The Labute approximate surface area is 156 Å². The van der Waals surface area contributed by atoms with Crippen LogP contribution in [0.3, 0.4) is 0 Å². The molecule has 2 saturated carbocycles. The highest BCUT2D eigenvalue weighted by Gasteiger charge is 2.43. The van der Waals surface area contributed by atoms with Gasteiger partial charge in [-0.05, 0) is 56.1 Å². The number of esters is 1. The van der Waals surface area contributed by atoms with Crippen LogP contribution in [0.1, 0.15) is 45.1 Å². The molecule has 138 valence electrons. The van der Waals surface area contributed by atoms with Crippen LogP contribution in [0.2, 0.25) is 0 Å². The number of carbonyl (C=O) groups is 1. The zero-order chi connectivity index (χ0) is 17.7. The first kappa shape index (κ1) is 16.4. The van der Waals surface area contributed by atoms with Gasteiger partial charge in [0.05, 0.1) is 12.9 Å². The van der Waals surface area contributed by atoms with Crippen LogP contribution in [0.4, 0.5) is 0 Å². The van der Waals surface area contributed by atoms with Gasteiger partial charge in [-0.1, -0.05) is 18.2 Å².